The van der Waals surface area contributed by atoms with E-state index >= 15 is 0 Å². The van der Waals surface area contributed by atoms with Crippen LogP contribution in [0.25, 0.3) is 22.5 Å². The zero-order valence-electron chi connectivity index (χ0n) is 36.8. The highest BCUT2D eigenvalue weighted by atomic mass is 19.1. The van der Waals surface area contributed by atoms with E-state index in [-0.39, 0.29) is 59.7 Å². The zero-order chi connectivity index (χ0) is 49.8. The number of rotatable bonds is 19. The summed E-state index contributed by atoms with van der Waals surface area (Å²) in [5, 5.41) is 35.5. The fourth-order valence-corrected chi connectivity index (χ4v) is 6.02. The maximum atomic E-state index is 13.8. The molecule has 8 aromatic rings. The summed E-state index contributed by atoms with van der Waals surface area (Å²) >= 11 is 0. The average molecular weight is 961 g/mol. The van der Waals surface area contributed by atoms with Crippen LogP contribution in [0.2, 0.25) is 0 Å². The number of nitro benzene ring substituents is 2. The molecule has 26 heteroatoms. The van der Waals surface area contributed by atoms with Gasteiger partial charge in [0.1, 0.15) is 35.7 Å². The molecule has 360 valence electrons. The highest BCUT2D eigenvalue weighted by molar-refractivity contribution is 6.00. The smallest absolute Gasteiger partial charge is 0.292 e. The number of hydrogen-bond donors (Lipinski definition) is 6. The summed E-state index contributed by atoms with van der Waals surface area (Å²) in [5.41, 5.74) is 7.63. The lowest BCUT2D eigenvalue weighted by Crippen LogP contribution is -2.23. The fraction of sp³-hybridized carbons (Fsp3) is 0.182. The predicted molar refractivity (Wildman–Crippen MR) is 250 cm³/mol. The summed E-state index contributed by atoms with van der Waals surface area (Å²) in [5.74, 6) is 0.173. The van der Waals surface area contributed by atoms with Crippen molar-refractivity contribution >= 4 is 68.7 Å². The van der Waals surface area contributed by atoms with Gasteiger partial charge in [-0.15, -0.1) is 0 Å². The number of carbonyl (C=O) groups is 2. The van der Waals surface area contributed by atoms with E-state index in [1.165, 1.54) is 79.6 Å². The van der Waals surface area contributed by atoms with Crippen LogP contribution in [0.15, 0.2) is 119 Å². The molecule has 0 bridgehead atoms. The van der Waals surface area contributed by atoms with E-state index < -0.39 is 21.6 Å². The molecule has 8 rings (SSSR count). The highest BCUT2D eigenvalue weighted by Gasteiger charge is 2.17. The molecule has 24 nitrogen and oxygen atoms in total. The number of oxazole rings is 2. The van der Waals surface area contributed by atoms with Crippen LogP contribution in [0, 0.1) is 31.9 Å². The van der Waals surface area contributed by atoms with Gasteiger partial charge >= 0.3 is 0 Å². The van der Waals surface area contributed by atoms with Crippen LogP contribution in [0.3, 0.4) is 0 Å². The van der Waals surface area contributed by atoms with Gasteiger partial charge < -0.3 is 41.2 Å². The van der Waals surface area contributed by atoms with Crippen molar-refractivity contribution in [1.82, 2.24) is 45.2 Å². The molecule has 2 aromatic carbocycles. The van der Waals surface area contributed by atoms with Crippen LogP contribution in [0.5, 0.6) is 0 Å². The summed E-state index contributed by atoms with van der Waals surface area (Å²) < 4.78 is 38.4. The van der Waals surface area contributed by atoms with Crippen LogP contribution in [0.1, 0.15) is 29.6 Å². The van der Waals surface area contributed by atoms with Crippen LogP contribution in [-0.4, -0.2) is 81.2 Å². The van der Waals surface area contributed by atoms with Crippen LogP contribution in [0.4, 0.5) is 43.2 Å². The molecule has 6 aromatic heterocycles. The molecule has 0 aliphatic rings. The highest BCUT2D eigenvalue weighted by Crippen LogP contribution is 2.25. The monoisotopic (exact) mass is 960 g/mol. The predicted octanol–water partition coefficient (Wildman–Crippen LogP) is 5.82. The fourth-order valence-electron chi connectivity index (χ4n) is 6.02. The number of benzene rings is 2. The second-order valence-corrected chi connectivity index (χ2v) is 14.1. The average Bonchev–Trinajstić information content (AvgIpc) is 3.98. The van der Waals surface area contributed by atoms with E-state index in [0.717, 1.165) is 6.08 Å². The van der Waals surface area contributed by atoms with E-state index in [4.69, 9.17) is 14.6 Å². The molecule has 0 atom stereocenters. The van der Waals surface area contributed by atoms with Crippen LogP contribution in [-0.2, 0) is 35.5 Å². The number of nitrogens with two attached hydrogens (primary N) is 1. The maximum absolute atomic E-state index is 13.8. The first kappa shape index (κ1) is 50.1. The Kier molecular flexibility index (Phi) is 17.9. The molecule has 0 aliphatic carbocycles. The number of anilines is 4. The summed E-state index contributed by atoms with van der Waals surface area (Å²) in [6.45, 7) is 4.83. The van der Waals surface area contributed by atoms with Crippen molar-refractivity contribution in [3.8, 4) is 0 Å². The summed E-state index contributed by atoms with van der Waals surface area (Å²) in [6, 6.07) is 17.6. The number of carbonyl (C=O) groups excluding carboxylic acids is 2. The first-order valence-electron chi connectivity index (χ1n) is 20.9. The Balaban J connectivity index is 0.000000193. The number of hydrogen-bond acceptors (Lipinski definition) is 20. The van der Waals surface area contributed by atoms with Gasteiger partial charge in [-0.2, -0.15) is 9.97 Å². The van der Waals surface area contributed by atoms with Crippen LogP contribution < -0.4 is 32.3 Å². The number of nitro groups is 2. The summed E-state index contributed by atoms with van der Waals surface area (Å²) in [6.07, 6.45) is 7.84. The number of nitrogens with zero attached hydrogens (tertiary/aromatic N) is 10. The van der Waals surface area contributed by atoms with Crippen LogP contribution >= 0.6 is 0 Å². The Bertz CT molecular complexity index is 3100. The van der Waals surface area contributed by atoms with Crippen molar-refractivity contribution in [2.75, 3.05) is 40.9 Å². The first-order chi connectivity index (χ1) is 33.9. The second-order valence-electron chi connectivity index (χ2n) is 14.1. The van der Waals surface area contributed by atoms with Crippen molar-refractivity contribution in [2.24, 2.45) is 5.73 Å². The Labute approximate surface area is 394 Å². The van der Waals surface area contributed by atoms with Gasteiger partial charge in [0.05, 0.1) is 34.3 Å². The quantitative estimate of drug-likeness (QED) is 0.0241. The number of nitrogens with one attached hydrogen (secondary N) is 5. The molecule has 0 fully saturated rings. The Hall–Kier alpha value is -9.30. The third kappa shape index (κ3) is 14.1. The van der Waals surface area contributed by atoms with E-state index in [1.807, 2.05) is 0 Å². The van der Waals surface area contributed by atoms with Gasteiger partial charge in [-0.05, 0) is 42.5 Å². The minimum Gasteiger partial charge on any atom is -0.422 e. The van der Waals surface area contributed by atoms with Crippen molar-refractivity contribution in [1.29, 1.82) is 0 Å². The minimum absolute atomic E-state index is 0.122. The van der Waals surface area contributed by atoms with Gasteiger partial charge in [-0.25, -0.2) is 28.7 Å². The molecule has 0 saturated heterocycles. The van der Waals surface area contributed by atoms with E-state index in [9.17, 15) is 38.6 Å². The molecule has 7 N–H and O–H groups in total. The number of para-hydroxylation sites is 4. The molecule has 0 unspecified atom stereocenters. The Morgan fingerprint density at radius 1 is 0.671 bits per heavy atom. The standard InChI is InChI=1S/C22H21FN8O4.C13H13FN6O.C9H8N2O3/c23-14-4-3-9-25-16(14)12-26-21-20-22(28-13-27-21)35-19(30-20)8-11-24-10-7-18(32)29-15-5-1-2-6-17(15)31(33)34;14-8-2-1-5-16-9(8)6-17-12-11-13(19-7-18-12)21-10(20-11)3-4-15;1-2-9(12)10-7-5-3-4-6-8(7)11(13)14/h1-6,9,13,24H,7-8,10-12H2,(H,29,32)(H,26,27,28);1-2,5,7H,3-4,6,15H2,(H,17,18,19);2-6H,1H2,(H,10,12). The van der Waals surface area contributed by atoms with E-state index in [1.54, 1.807) is 18.2 Å². The van der Waals surface area contributed by atoms with Crippen molar-refractivity contribution in [2.45, 2.75) is 32.4 Å². The van der Waals surface area contributed by atoms with Gasteiger partial charge in [0, 0.05) is 63.4 Å². The number of halogens is 2. The number of aromatic nitrogens is 8. The molecule has 0 spiro atoms. The van der Waals surface area contributed by atoms with Crippen molar-refractivity contribution in [3.63, 3.8) is 0 Å². The maximum Gasteiger partial charge on any atom is 0.292 e. The van der Waals surface area contributed by atoms with E-state index in [0.29, 0.717) is 84.0 Å². The second kappa shape index (κ2) is 25.0. The number of amides is 2. The van der Waals surface area contributed by atoms with Gasteiger partial charge in [0.15, 0.2) is 34.5 Å². The Morgan fingerprint density at radius 2 is 1.17 bits per heavy atom. The Morgan fingerprint density at radius 3 is 1.66 bits per heavy atom. The van der Waals surface area contributed by atoms with Gasteiger partial charge in [0.25, 0.3) is 22.8 Å². The first-order valence-corrected chi connectivity index (χ1v) is 20.9. The molecule has 70 heavy (non-hydrogen) atoms. The van der Waals surface area contributed by atoms with E-state index in [2.05, 4.69) is 73.0 Å². The summed E-state index contributed by atoms with van der Waals surface area (Å²) in [7, 11) is 0. The van der Waals surface area contributed by atoms with Crippen molar-refractivity contribution < 1.29 is 37.1 Å². The lowest BCUT2D eigenvalue weighted by Gasteiger charge is -2.06. The minimum atomic E-state index is -0.557. The number of fused-ring (bicyclic) bond motifs is 2. The molecule has 2 amide bonds. The van der Waals surface area contributed by atoms with Gasteiger partial charge in [0.2, 0.25) is 11.8 Å². The molecular weight excluding hydrogens is 919 g/mol. The largest absolute Gasteiger partial charge is 0.422 e. The van der Waals surface area contributed by atoms with Gasteiger partial charge in [-0.1, -0.05) is 30.8 Å². The topological polar surface area (TPSA) is 336 Å². The molecule has 6 heterocycles. The van der Waals surface area contributed by atoms with Crippen molar-refractivity contribution in [3.05, 3.63) is 166 Å². The normalized spacial score (nSPS) is 10.6. The SMILES string of the molecule is C=CC(=O)Nc1ccccc1[N+](=O)[O-].NCCc1nc2c(NCc3ncccc3F)ncnc2o1.O=C(CCNCCc1nc2c(NCc3ncccc3F)ncnc2o1)Nc1ccccc1[N+](=O)[O-]. The third-order valence-corrected chi connectivity index (χ3v) is 9.32. The molecule has 0 radical (unpaired) electrons. The van der Waals surface area contributed by atoms with Gasteiger partial charge in [-0.3, -0.25) is 39.8 Å². The molecular formula is C44H42F2N16O8. The lowest BCUT2D eigenvalue weighted by molar-refractivity contribution is -0.384. The third-order valence-electron chi connectivity index (χ3n) is 9.32. The summed E-state index contributed by atoms with van der Waals surface area (Å²) in [4.78, 5) is 76.4. The molecule has 0 aliphatic heterocycles. The molecule has 0 saturated carbocycles. The lowest BCUT2D eigenvalue weighted by atomic mass is 10.2. The zero-order valence-corrected chi connectivity index (χ0v) is 36.8. The number of pyridine rings is 2.